The number of fused-ring (bicyclic) bond motifs is 1. The van der Waals surface area contributed by atoms with Crippen LogP contribution in [-0.4, -0.2) is 0 Å². The lowest BCUT2D eigenvalue weighted by Gasteiger charge is -2.18. The van der Waals surface area contributed by atoms with Crippen molar-refractivity contribution in [3.63, 3.8) is 0 Å². The molecule has 0 amide bonds. The zero-order chi connectivity index (χ0) is 6.27. The van der Waals surface area contributed by atoms with Crippen LogP contribution in [-0.2, 0) is 0 Å². The van der Waals surface area contributed by atoms with Crippen LogP contribution < -0.4 is 0 Å². The molecule has 0 heteroatoms. The summed E-state index contributed by atoms with van der Waals surface area (Å²) in [6.07, 6.45) is 7.68. The normalized spacial score (nSPS) is 48.3. The molecule has 0 aromatic carbocycles. The molecule has 52 valence electrons. The zero-order valence-electron chi connectivity index (χ0n) is 6.27. The molecule has 9 heavy (non-hydrogen) atoms. The molecule has 0 spiro atoms. The minimum atomic E-state index is 1.11. The van der Waals surface area contributed by atoms with E-state index in [1.165, 1.54) is 24.7 Å². The summed E-state index contributed by atoms with van der Waals surface area (Å²) in [4.78, 5) is 0. The average molecular weight is 124 g/mol. The molecule has 0 aromatic heterocycles. The molecule has 2 unspecified atom stereocenters. The minimum Gasteiger partial charge on any atom is -0.0651 e. The first-order valence-electron chi connectivity index (χ1n) is 4.40. The Morgan fingerprint density at radius 3 is 2.67 bits per heavy atom. The van der Waals surface area contributed by atoms with E-state index in [1.54, 1.807) is 19.3 Å². The molecule has 2 aliphatic carbocycles. The third kappa shape index (κ3) is 0.997. The van der Waals surface area contributed by atoms with E-state index >= 15 is 0 Å². The highest BCUT2D eigenvalue weighted by molar-refractivity contribution is 4.91. The summed E-state index contributed by atoms with van der Waals surface area (Å²) in [5.41, 5.74) is 0. The van der Waals surface area contributed by atoms with Gasteiger partial charge in [-0.25, -0.2) is 0 Å². The van der Waals surface area contributed by atoms with Crippen LogP contribution in [0.3, 0.4) is 0 Å². The molecule has 0 aromatic rings. The standard InChI is InChI=1S/C9H16/c1-2-7-3-4-8-6-9(8)5-7/h7-9H,2-6H2,1H3/t7-,8?,9?/m1/s1. The second kappa shape index (κ2) is 2.00. The molecule has 0 radical (unpaired) electrons. The maximum atomic E-state index is 2.34. The first-order chi connectivity index (χ1) is 4.40. The van der Waals surface area contributed by atoms with Gasteiger partial charge in [-0.15, -0.1) is 0 Å². The van der Waals surface area contributed by atoms with Crippen molar-refractivity contribution in [2.24, 2.45) is 17.8 Å². The molecule has 2 rings (SSSR count). The third-order valence-corrected chi connectivity index (χ3v) is 3.23. The van der Waals surface area contributed by atoms with Gasteiger partial charge in [-0.05, 0) is 37.0 Å². The Morgan fingerprint density at radius 2 is 2.00 bits per heavy atom. The molecule has 0 bridgehead atoms. The molecule has 0 saturated heterocycles. The van der Waals surface area contributed by atoms with E-state index in [0.29, 0.717) is 0 Å². The summed E-state index contributed by atoms with van der Waals surface area (Å²) in [7, 11) is 0. The van der Waals surface area contributed by atoms with E-state index in [9.17, 15) is 0 Å². The van der Waals surface area contributed by atoms with E-state index in [4.69, 9.17) is 0 Å². The average Bonchev–Trinajstić information content (AvgIpc) is 2.64. The number of hydrogen-bond donors (Lipinski definition) is 0. The van der Waals surface area contributed by atoms with E-state index in [0.717, 1.165) is 5.92 Å². The van der Waals surface area contributed by atoms with Crippen molar-refractivity contribution in [2.45, 2.75) is 39.0 Å². The van der Waals surface area contributed by atoms with Crippen molar-refractivity contribution < 1.29 is 0 Å². The van der Waals surface area contributed by atoms with Crippen molar-refractivity contribution in [1.29, 1.82) is 0 Å². The van der Waals surface area contributed by atoms with Gasteiger partial charge in [-0.1, -0.05) is 19.8 Å². The van der Waals surface area contributed by atoms with E-state index < -0.39 is 0 Å². The Balaban J connectivity index is 1.86. The fourth-order valence-corrected chi connectivity index (χ4v) is 2.32. The Hall–Kier alpha value is 0. The molecule has 2 fully saturated rings. The molecule has 0 N–H and O–H groups in total. The first kappa shape index (κ1) is 5.76. The van der Waals surface area contributed by atoms with Crippen molar-refractivity contribution in [1.82, 2.24) is 0 Å². The number of hydrogen-bond acceptors (Lipinski definition) is 0. The SMILES string of the molecule is CC[C@@H]1CCC2CC2C1. The molecule has 0 heterocycles. The fourth-order valence-electron chi connectivity index (χ4n) is 2.32. The molecular weight excluding hydrogens is 108 g/mol. The predicted molar refractivity (Wildman–Crippen MR) is 39.2 cm³/mol. The predicted octanol–water partition coefficient (Wildman–Crippen LogP) is 2.83. The smallest absolute Gasteiger partial charge is 0.0380 e. The van der Waals surface area contributed by atoms with Crippen LogP contribution in [0.5, 0.6) is 0 Å². The second-order valence-electron chi connectivity index (χ2n) is 3.84. The van der Waals surface area contributed by atoms with Crippen LogP contribution >= 0.6 is 0 Å². The van der Waals surface area contributed by atoms with Crippen molar-refractivity contribution in [2.75, 3.05) is 0 Å². The van der Waals surface area contributed by atoms with Crippen LogP contribution in [0.25, 0.3) is 0 Å². The second-order valence-corrected chi connectivity index (χ2v) is 3.84. The van der Waals surface area contributed by atoms with Crippen LogP contribution in [0.4, 0.5) is 0 Å². The lowest BCUT2D eigenvalue weighted by atomic mass is 9.88. The van der Waals surface area contributed by atoms with Gasteiger partial charge in [0, 0.05) is 0 Å². The summed E-state index contributed by atoms with van der Waals surface area (Å²) in [5.74, 6) is 3.48. The Labute approximate surface area is 57.6 Å². The van der Waals surface area contributed by atoms with Gasteiger partial charge in [-0.2, -0.15) is 0 Å². The van der Waals surface area contributed by atoms with Crippen LogP contribution in [0, 0.1) is 17.8 Å². The summed E-state index contributed by atoms with van der Waals surface area (Å²) in [5, 5.41) is 0. The van der Waals surface area contributed by atoms with E-state index in [1.807, 2.05) is 0 Å². The maximum Gasteiger partial charge on any atom is -0.0380 e. The topological polar surface area (TPSA) is 0 Å². The molecular formula is C9H16. The Bertz CT molecular complexity index is 107. The molecule has 0 nitrogen and oxygen atoms in total. The maximum absolute atomic E-state index is 2.34. The largest absolute Gasteiger partial charge is 0.0651 e. The lowest BCUT2D eigenvalue weighted by molar-refractivity contribution is 0.335. The van der Waals surface area contributed by atoms with Gasteiger partial charge in [-0.3, -0.25) is 0 Å². The highest BCUT2D eigenvalue weighted by Gasteiger charge is 2.41. The van der Waals surface area contributed by atoms with E-state index in [2.05, 4.69) is 6.92 Å². The molecule has 2 aliphatic rings. The van der Waals surface area contributed by atoms with Crippen LogP contribution in [0.1, 0.15) is 39.0 Å². The van der Waals surface area contributed by atoms with Gasteiger partial charge >= 0.3 is 0 Å². The first-order valence-corrected chi connectivity index (χ1v) is 4.40. The van der Waals surface area contributed by atoms with Crippen LogP contribution in [0.15, 0.2) is 0 Å². The van der Waals surface area contributed by atoms with Gasteiger partial charge in [0.1, 0.15) is 0 Å². The van der Waals surface area contributed by atoms with Crippen molar-refractivity contribution >= 4 is 0 Å². The Morgan fingerprint density at radius 1 is 1.11 bits per heavy atom. The lowest BCUT2D eigenvalue weighted by Crippen LogP contribution is -2.06. The zero-order valence-corrected chi connectivity index (χ0v) is 6.27. The summed E-state index contributed by atoms with van der Waals surface area (Å²) < 4.78 is 0. The highest BCUT2D eigenvalue weighted by Crippen LogP contribution is 2.51. The summed E-state index contributed by atoms with van der Waals surface area (Å²) in [6.45, 7) is 2.34. The minimum absolute atomic E-state index is 1.11. The van der Waals surface area contributed by atoms with Gasteiger partial charge in [0.05, 0.1) is 0 Å². The van der Waals surface area contributed by atoms with Crippen LogP contribution in [0.2, 0.25) is 0 Å². The molecule has 3 atom stereocenters. The summed E-state index contributed by atoms with van der Waals surface area (Å²) in [6, 6.07) is 0. The molecule has 0 aliphatic heterocycles. The third-order valence-electron chi connectivity index (χ3n) is 3.23. The van der Waals surface area contributed by atoms with Gasteiger partial charge in [0.25, 0.3) is 0 Å². The van der Waals surface area contributed by atoms with Gasteiger partial charge in [0.2, 0.25) is 0 Å². The molecule has 2 saturated carbocycles. The fraction of sp³-hybridized carbons (Fsp3) is 1.00. The van der Waals surface area contributed by atoms with Crippen molar-refractivity contribution in [3.8, 4) is 0 Å². The highest BCUT2D eigenvalue weighted by atomic mass is 14.5. The summed E-state index contributed by atoms with van der Waals surface area (Å²) >= 11 is 0. The number of rotatable bonds is 1. The van der Waals surface area contributed by atoms with Gasteiger partial charge in [0.15, 0.2) is 0 Å². The monoisotopic (exact) mass is 124 g/mol. The van der Waals surface area contributed by atoms with Crippen molar-refractivity contribution in [3.05, 3.63) is 0 Å². The van der Waals surface area contributed by atoms with E-state index in [-0.39, 0.29) is 0 Å². The quantitative estimate of drug-likeness (QED) is 0.504. The van der Waals surface area contributed by atoms with Gasteiger partial charge < -0.3 is 0 Å². The Kier molecular flexibility index (Phi) is 1.28.